The summed E-state index contributed by atoms with van der Waals surface area (Å²) >= 11 is 0. The second-order valence-corrected chi connectivity index (χ2v) is 8.55. The predicted molar refractivity (Wildman–Crippen MR) is 126 cm³/mol. The Morgan fingerprint density at radius 3 is 2.46 bits per heavy atom. The SMILES string of the molecule is Cc1cc(OCc2c(F)cccc2F)c2nc(C)c(C(=O)NCC(N)c3cccc(C(F)(F)F)c3)n2c1. The molecular weight excluding hydrogens is 495 g/mol. The van der Waals surface area contributed by atoms with Gasteiger partial charge in [0.25, 0.3) is 5.91 Å². The second kappa shape index (κ2) is 10.2. The van der Waals surface area contributed by atoms with Crippen LogP contribution in [0.4, 0.5) is 22.0 Å². The summed E-state index contributed by atoms with van der Waals surface area (Å²) in [7, 11) is 0. The molecule has 6 nitrogen and oxygen atoms in total. The van der Waals surface area contributed by atoms with Gasteiger partial charge >= 0.3 is 6.18 Å². The Bertz CT molecular complexity index is 1450. The van der Waals surface area contributed by atoms with E-state index in [1.54, 1.807) is 26.1 Å². The van der Waals surface area contributed by atoms with Crippen LogP contribution in [0.15, 0.2) is 54.7 Å². The maximum atomic E-state index is 14.0. The first-order valence-electron chi connectivity index (χ1n) is 11.2. The van der Waals surface area contributed by atoms with Gasteiger partial charge in [0.2, 0.25) is 0 Å². The van der Waals surface area contributed by atoms with E-state index in [-0.39, 0.29) is 34.8 Å². The van der Waals surface area contributed by atoms with Crippen molar-refractivity contribution < 1.29 is 31.5 Å². The standard InChI is InChI=1S/C26H23F5N4O2/c1-14-9-22(37-13-18-19(27)7-4-8-20(18)28)24-34-15(2)23(35(24)12-14)25(36)33-11-21(32)16-5-3-6-17(10-16)26(29,30)31/h3-10,12,21H,11,13,32H2,1-2H3,(H,33,36). The average molecular weight is 518 g/mol. The van der Waals surface area contributed by atoms with Crippen molar-refractivity contribution in [3.05, 3.63) is 100 Å². The van der Waals surface area contributed by atoms with E-state index >= 15 is 0 Å². The summed E-state index contributed by atoms with van der Waals surface area (Å²) in [6, 6.07) is 8.84. The van der Waals surface area contributed by atoms with Crippen molar-refractivity contribution in [3.63, 3.8) is 0 Å². The van der Waals surface area contributed by atoms with Gasteiger partial charge in [0.05, 0.1) is 16.8 Å². The topological polar surface area (TPSA) is 81.6 Å². The molecule has 194 valence electrons. The van der Waals surface area contributed by atoms with Gasteiger partial charge in [-0.15, -0.1) is 0 Å². The van der Waals surface area contributed by atoms with Crippen molar-refractivity contribution in [1.82, 2.24) is 14.7 Å². The number of amides is 1. The van der Waals surface area contributed by atoms with Gasteiger partial charge in [-0.1, -0.05) is 18.2 Å². The number of ether oxygens (including phenoxy) is 1. The summed E-state index contributed by atoms with van der Waals surface area (Å²) < 4.78 is 74.2. The van der Waals surface area contributed by atoms with Crippen LogP contribution in [0.1, 0.15) is 44.5 Å². The third kappa shape index (κ3) is 5.56. The molecule has 0 bridgehead atoms. The highest BCUT2D eigenvalue weighted by atomic mass is 19.4. The molecule has 0 aliphatic rings. The van der Waals surface area contributed by atoms with Crippen LogP contribution in [0.3, 0.4) is 0 Å². The van der Waals surface area contributed by atoms with Gasteiger partial charge in [-0.05, 0) is 55.3 Å². The summed E-state index contributed by atoms with van der Waals surface area (Å²) in [6.07, 6.45) is -2.87. The highest BCUT2D eigenvalue weighted by Crippen LogP contribution is 2.30. The van der Waals surface area contributed by atoms with E-state index in [4.69, 9.17) is 10.5 Å². The van der Waals surface area contributed by atoms with Crippen molar-refractivity contribution in [3.8, 4) is 5.75 Å². The molecule has 3 N–H and O–H groups in total. The number of nitrogens with zero attached hydrogens (tertiary/aromatic N) is 2. The van der Waals surface area contributed by atoms with E-state index in [0.717, 1.165) is 24.3 Å². The zero-order valence-corrected chi connectivity index (χ0v) is 19.9. The molecule has 0 saturated heterocycles. The summed E-state index contributed by atoms with van der Waals surface area (Å²) in [5.41, 5.74) is 6.64. The molecule has 0 fully saturated rings. The lowest BCUT2D eigenvalue weighted by molar-refractivity contribution is -0.137. The lowest BCUT2D eigenvalue weighted by Crippen LogP contribution is -2.33. The molecule has 1 unspecified atom stereocenters. The van der Waals surface area contributed by atoms with Crippen molar-refractivity contribution in [2.75, 3.05) is 6.54 Å². The van der Waals surface area contributed by atoms with Gasteiger partial charge in [-0.25, -0.2) is 13.8 Å². The Morgan fingerprint density at radius 1 is 1.11 bits per heavy atom. The molecule has 0 radical (unpaired) electrons. The zero-order valence-electron chi connectivity index (χ0n) is 19.9. The Balaban J connectivity index is 1.55. The molecule has 1 amide bonds. The molecule has 0 spiro atoms. The number of aryl methyl sites for hydroxylation is 2. The molecule has 0 aliphatic heterocycles. The summed E-state index contributed by atoms with van der Waals surface area (Å²) in [5, 5.41) is 2.64. The molecular formula is C26H23F5N4O2. The number of alkyl halides is 3. The number of benzene rings is 2. The number of fused-ring (bicyclic) bond motifs is 1. The van der Waals surface area contributed by atoms with Crippen molar-refractivity contribution in [2.24, 2.45) is 5.73 Å². The quantitative estimate of drug-likeness (QED) is 0.327. The number of halogens is 5. The minimum atomic E-state index is -4.51. The summed E-state index contributed by atoms with van der Waals surface area (Å²) in [6.45, 7) is 2.83. The maximum absolute atomic E-state index is 14.0. The third-order valence-electron chi connectivity index (χ3n) is 5.77. The number of carbonyl (C=O) groups excluding carboxylic acids is 1. The Morgan fingerprint density at radius 2 is 1.78 bits per heavy atom. The maximum Gasteiger partial charge on any atom is 0.416 e. The van der Waals surface area contributed by atoms with Crippen LogP contribution >= 0.6 is 0 Å². The number of nitrogens with two attached hydrogens (primary N) is 1. The molecule has 4 rings (SSSR count). The van der Waals surface area contributed by atoms with E-state index in [2.05, 4.69) is 10.3 Å². The lowest BCUT2D eigenvalue weighted by Gasteiger charge is -2.16. The fourth-order valence-electron chi connectivity index (χ4n) is 3.91. The van der Waals surface area contributed by atoms with Gasteiger partial charge in [0, 0.05) is 18.8 Å². The van der Waals surface area contributed by atoms with E-state index in [1.165, 1.54) is 22.6 Å². The first kappa shape index (κ1) is 26.1. The Hall–Kier alpha value is -3.99. The first-order valence-corrected chi connectivity index (χ1v) is 11.2. The molecule has 11 heteroatoms. The number of nitrogens with one attached hydrogen (secondary N) is 1. The minimum Gasteiger partial charge on any atom is -0.485 e. The van der Waals surface area contributed by atoms with Gasteiger partial charge in [0.15, 0.2) is 11.4 Å². The molecule has 2 aromatic heterocycles. The lowest BCUT2D eigenvalue weighted by atomic mass is 10.0. The smallest absolute Gasteiger partial charge is 0.416 e. The largest absolute Gasteiger partial charge is 0.485 e. The normalized spacial score (nSPS) is 12.5. The van der Waals surface area contributed by atoms with E-state index < -0.39 is 41.9 Å². The molecule has 1 atom stereocenters. The van der Waals surface area contributed by atoms with Crippen molar-refractivity contribution in [2.45, 2.75) is 32.7 Å². The van der Waals surface area contributed by atoms with Crippen LogP contribution < -0.4 is 15.8 Å². The number of imidazole rings is 1. The van der Waals surface area contributed by atoms with E-state index in [1.807, 2.05) is 0 Å². The molecule has 0 saturated carbocycles. The number of pyridine rings is 1. The minimum absolute atomic E-state index is 0.130. The van der Waals surface area contributed by atoms with Crippen LogP contribution in [-0.4, -0.2) is 21.8 Å². The van der Waals surface area contributed by atoms with Crippen molar-refractivity contribution >= 4 is 11.6 Å². The monoisotopic (exact) mass is 518 g/mol. The van der Waals surface area contributed by atoms with Crippen LogP contribution in [0.5, 0.6) is 5.75 Å². The highest BCUT2D eigenvalue weighted by Gasteiger charge is 2.31. The number of hydrogen-bond donors (Lipinski definition) is 2. The van der Waals surface area contributed by atoms with Gasteiger partial charge in [0.1, 0.15) is 23.9 Å². The third-order valence-corrected chi connectivity index (χ3v) is 5.77. The van der Waals surface area contributed by atoms with Gasteiger partial charge < -0.3 is 15.8 Å². The average Bonchev–Trinajstić information content (AvgIpc) is 3.17. The number of carbonyl (C=O) groups is 1. The fourth-order valence-corrected chi connectivity index (χ4v) is 3.91. The van der Waals surface area contributed by atoms with Gasteiger partial charge in [-0.3, -0.25) is 9.20 Å². The Kier molecular flexibility index (Phi) is 7.17. The van der Waals surface area contributed by atoms with Crippen LogP contribution in [0, 0.1) is 25.5 Å². The Labute approximate surface area is 208 Å². The molecule has 2 aromatic carbocycles. The van der Waals surface area contributed by atoms with E-state index in [9.17, 15) is 26.7 Å². The van der Waals surface area contributed by atoms with Crippen molar-refractivity contribution in [1.29, 1.82) is 0 Å². The molecule has 2 heterocycles. The molecule has 37 heavy (non-hydrogen) atoms. The fraction of sp³-hybridized carbons (Fsp3) is 0.231. The number of aromatic nitrogens is 2. The predicted octanol–water partition coefficient (Wildman–Crippen LogP) is 5.26. The first-order chi connectivity index (χ1) is 17.5. The second-order valence-electron chi connectivity index (χ2n) is 8.55. The zero-order chi connectivity index (χ0) is 26.9. The van der Waals surface area contributed by atoms with Crippen LogP contribution in [0.25, 0.3) is 5.65 Å². The highest BCUT2D eigenvalue weighted by molar-refractivity contribution is 5.95. The molecule has 0 aliphatic carbocycles. The molecule has 4 aromatic rings. The van der Waals surface area contributed by atoms with Gasteiger partial charge in [-0.2, -0.15) is 13.2 Å². The summed E-state index contributed by atoms with van der Waals surface area (Å²) in [4.78, 5) is 17.4. The van der Waals surface area contributed by atoms with Crippen LogP contribution in [0.2, 0.25) is 0 Å². The number of rotatable bonds is 7. The number of hydrogen-bond acceptors (Lipinski definition) is 4. The van der Waals surface area contributed by atoms with E-state index in [0.29, 0.717) is 11.3 Å². The summed E-state index contributed by atoms with van der Waals surface area (Å²) in [5.74, 6) is -1.84. The van der Waals surface area contributed by atoms with Crippen LogP contribution in [-0.2, 0) is 12.8 Å².